The predicted molar refractivity (Wildman–Crippen MR) is 79.2 cm³/mol. The quantitative estimate of drug-likeness (QED) is 0.744. The maximum atomic E-state index is 12.3. The number of hydrogen-bond acceptors (Lipinski definition) is 4. The van der Waals surface area contributed by atoms with E-state index in [0.29, 0.717) is 12.8 Å². The third-order valence-electron chi connectivity index (χ3n) is 3.73. The Morgan fingerprint density at radius 3 is 2.50 bits per heavy atom. The van der Waals surface area contributed by atoms with Crippen LogP contribution in [0.2, 0.25) is 0 Å². The van der Waals surface area contributed by atoms with Crippen LogP contribution in [0.5, 0.6) is 5.75 Å². The minimum absolute atomic E-state index is 0.400. The average molecular weight is 305 g/mol. The number of aryl methyl sites for hydroxylation is 1. The van der Waals surface area contributed by atoms with Crippen LogP contribution in [0, 0.1) is 0 Å². The van der Waals surface area contributed by atoms with E-state index < -0.39 is 29.9 Å². The molecule has 1 unspecified atom stereocenters. The Morgan fingerprint density at radius 2 is 1.95 bits per heavy atom. The molecule has 0 saturated carbocycles. The first-order valence-corrected chi connectivity index (χ1v) is 6.91. The predicted octanol–water partition coefficient (Wildman–Crippen LogP) is 0.424. The van der Waals surface area contributed by atoms with Gasteiger partial charge in [-0.3, -0.25) is 14.5 Å². The van der Waals surface area contributed by atoms with Gasteiger partial charge in [0.05, 0.1) is 7.11 Å². The maximum absolute atomic E-state index is 12.3. The first-order valence-electron chi connectivity index (χ1n) is 6.91. The van der Waals surface area contributed by atoms with Gasteiger partial charge in [0.2, 0.25) is 5.91 Å². The number of hydrogen-bond donors (Lipinski definition) is 2. The molecule has 1 aliphatic heterocycles. The number of benzene rings is 1. The van der Waals surface area contributed by atoms with E-state index in [0.717, 1.165) is 16.2 Å². The molecule has 0 radical (unpaired) electrons. The van der Waals surface area contributed by atoms with Crippen molar-refractivity contribution >= 4 is 17.8 Å². The lowest BCUT2D eigenvalue weighted by atomic mass is 9.93. The molecule has 118 valence electrons. The molecule has 22 heavy (non-hydrogen) atoms. The van der Waals surface area contributed by atoms with Crippen LogP contribution in [-0.4, -0.2) is 41.9 Å². The molecule has 0 bridgehead atoms. The summed E-state index contributed by atoms with van der Waals surface area (Å²) in [5.74, 6) is -0.388. The van der Waals surface area contributed by atoms with Crippen molar-refractivity contribution in [3.8, 4) is 5.75 Å². The second-order valence-corrected chi connectivity index (χ2v) is 5.47. The highest BCUT2D eigenvalue weighted by Gasteiger charge is 2.47. The van der Waals surface area contributed by atoms with Gasteiger partial charge in [-0.25, -0.2) is 4.79 Å². The van der Waals surface area contributed by atoms with Crippen LogP contribution in [0.4, 0.5) is 4.79 Å². The molecule has 7 nitrogen and oxygen atoms in total. The number of rotatable bonds is 6. The normalized spacial score (nSPS) is 20.9. The van der Waals surface area contributed by atoms with Gasteiger partial charge in [-0.2, -0.15) is 0 Å². The van der Waals surface area contributed by atoms with E-state index in [1.807, 2.05) is 24.3 Å². The highest BCUT2D eigenvalue weighted by molar-refractivity contribution is 6.08. The maximum Gasteiger partial charge on any atom is 0.325 e. The number of ether oxygens (including phenoxy) is 1. The Bertz CT molecular complexity index is 599. The lowest BCUT2D eigenvalue weighted by molar-refractivity contribution is -0.134. The van der Waals surface area contributed by atoms with E-state index in [4.69, 9.17) is 10.5 Å². The number of nitrogens with zero attached hydrogens (tertiary/aromatic N) is 1. The molecule has 2 rings (SSSR count). The molecule has 1 aromatic carbocycles. The van der Waals surface area contributed by atoms with E-state index in [1.54, 1.807) is 14.0 Å². The lowest BCUT2D eigenvalue weighted by Crippen LogP contribution is -2.45. The van der Waals surface area contributed by atoms with Gasteiger partial charge in [0.25, 0.3) is 5.91 Å². The zero-order valence-corrected chi connectivity index (χ0v) is 12.6. The van der Waals surface area contributed by atoms with Crippen LogP contribution < -0.4 is 15.8 Å². The van der Waals surface area contributed by atoms with Crippen LogP contribution in [0.1, 0.15) is 18.9 Å². The number of methoxy groups -OCH3 is 1. The first-order chi connectivity index (χ1) is 10.4. The zero-order valence-electron chi connectivity index (χ0n) is 12.6. The summed E-state index contributed by atoms with van der Waals surface area (Å²) in [6.07, 6.45) is 1.04. The topological polar surface area (TPSA) is 102 Å². The van der Waals surface area contributed by atoms with Crippen molar-refractivity contribution in [2.75, 3.05) is 13.7 Å². The minimum atomic E-state index is -1.02. The Kier molecular flexibility index (Phi) is 4.35. The third kappa shape index (κ3) is 3.19. The molecular formula is C15H19N3O4. The molecular weight excluding hydrogens is 286 g/mol. The summed E-state index contributed by atoms with van der Waals surface area (Å²) >= 11 is 0. The monoisotopic (exact) mass is 305 g/mol. The van der Waals surface area contributed by atoms with Crippen molar-refractivity contribution in [3.63, 3.8) is 0 Å². The van der Waals surface area contributed by atoms with Gasteiger partial charge < -0.3 is 15.8 Å². The number of carbonyl (C=O) groups excluding carboxylic acids is 3. The van der Waals surface area contributed by atoms with Crippen molar-refractivity contribution in [2.24, 2.45) is 5.73 Å². The number of urea groups is 1. The largest absolute Gasteiger partial charge is 0.497 e. The van der Waals surface area contributed by atoms with Crippen LogP contribution in [-0.2, 0) is 16.0 Å². The summed E-state index contributed by atoms with van der Waals surface area (Å²) in [6.45, 7) is 1.25. The van der Waals surface area contributed by atoms with Gasteiger partial charge in [0.1, 0.15) is 17.8 Å². The van der Waals surface area contributed by atoms with Crippen LogP contribution in [0.3, 0.4) is 0 Å². The fourth-order valence-corrected chi connectivity index (χ4v) is 2.40. The Balaban J connectivity index is 2.03. The smallest absolute Gasteiger partial charge is 0.325 e. The number of carbonyl (C=O) groups is 3. The lowest BCUT2D eigenvalue weighted by Gasteiger charge is -2.21. The number of amides is 4. The molecule has 1 atom stereocenters. The molecule has 0 spiro atoms. The van der Waals surface area contributed by atoms with Crippen molar-refractivity contribution < 1.29 is 19.1 Å². The molecule has 3 N–H and O–H groups in total. The van der Waals surface area contributed by atoms with Crippen LogP contribution in [0.15, 0.2) is 24.3 Å². The average Bonchev–Trinajstić information content (AvgIpc) is 2.69. The Hall–Kier alpha value is -2.57. The SMILES string of the molecule is COc1ccc(CCC2(C)NC(=O)N(CC(N)=O)C2=O)cc1. The van der Waals surface area contributed by atoms with Crippen molar-refractivity contribution in [1.82, 2.24) is 10.2 Å². The van der Waals surface area contributed by atoms with E-state index >= 15 is 0 Å². The van der Waals surface area contributed by atoms with Gasteiger partial charge in [-0.05, 0) is 37.5 Å². The molecule has 1 saturated heterocycles. The third-order valence-corrected chi connectivity index (χ3v) is 3.73. The highest BCUT2D eigenvalue weighted by atomic mass is 16.5. The number of imide groups is 1. The minimum Gasteiger partial charge on any atom is -0.497 e. The molecule has 0 aliphatic carbocycles. The zero-order chi connectivity index (χ0) is 16.3. The van der Waals surface area contributed by atoms with Gasteiger partial charge in [-0.15, -0.1) is 0 Å². The summed E-state index contributed by atoms with van der Waals surface area (Å²) < 4.78 is 5.09. The summed E-state index contributed by atoms with van der Waals surface area (Å²) in [5.41, 5.74) is 5.06. The van der Waals surface area contributed by atoms with Crippen molar-refractivity contribution in [1.29, 1.82) is 0 Å². The Morgan fingerprint density at radius 1 is 1.32 bits per heavy atom. The summed E-state index contributed by atoms with van der Waals surface area (Å²) in [6, 6.07) is 6.91. The molecule has 1 aromatic rings. The van der Waals surface area contributed by atoms with Crippen molar-refractivity contribution in [3.05, 3.63) is 29.8 Å². The Labute approximate surface area is 128 Å². The van der Waals surface area contributed by atoms with E-state index in [-0.39, 0.29) is 0 Å². The van der Waals surface area contributed by atoms with Gasteiger partial charge >= 0.3 is 6.03 Å². The van der Waals surface area contributed by atoms with E-state index in [9.17, 15) is 14.4 Å². The molecule has 1 fully saturated rings. The highest BCUT2D eigenvalue weighted by Crippen LogP contribution is 2.23. The van der Waals surface area contributed by atoms with E-state index in [1.165, 1.54) is 0 Å². The van der Waals surface area contributed by atoms with Gasteiger partial charge in [0.15, 0.2) is 0 Å². The standard InChI is InChI=1S/C15H19N3O4/c1-15(8-7-10-3-5-11(22-2)6-4-10)13(20)18(9-12(16)19)14(21)17-15/h3-6H,7-9H2,1-2H3,(H2,16,19)(H,17,21). The molecule has 0 aromatic heterocycles. The summed E-state index contributed by atoms with van der Waals surface area (Å²) in [5, 5.41) is 2.63. The number of nitrogens with one attached hydrogen (secondary N) is 1. The van der Waals surface area contributed by atoms with Gasteiger partial charge in [-0.1, -0.05) is 12.1 Å². The molecule has 7 heteroatoms. The summed E-state index contributed by atoms with van der Waals surface area (Å²) in [7, 11) is 1.59. The fraction of sp³-hybridized carbons (Fsp3) is 0.400. The summed E-state index contributed by atoms with van der Waals surface area (Å²) in [4.78, 5) is 35.9. The van der Waals surface area contributed by atoms with Crippen molar-refractivity contribution in [2.45, 2.75) is 25.3 Å². The second kappa shape index (κ2) is 6.05. The molecule has 1 heterocycles. The number of primary amides is 1. The first kappa shape index (κ1) is 15.8. The fourth-order valence-electron chi connectivity index (χ4n) is 2.40. The number of nitrogens with two attached hydrogens (primary N) is 1. The second-order valence-electron chi connectivity index (χ2n) is 5.47. The van der Waals surface area contributed by atoms with Crippen LogP contribution in [0.25, 0.3) is 0 Å². The molecule has 1 aliphatic rings. The van der Waals surface area contributed by atoms with E-state index in [2.05, 4.69) is 5.32 Å². The van der Waals surface area contributed by atoms with Crippen LogP contribution >= 0.6 is 0 Å². The molecule has 4 amide bonds. The van der Waals surface area contributed by atoms with Gasteiger partial charge in [0, 0.05) is 0 Å².